The lowest BCUT2D eigenvalue weighted by Crippen LogP contribution is -2.26. The molecule has 0 saturated heterocycles. The molecule has 0 spiro atoms. The van der Waals surface area contributed by atoms with Crippen molar-refractivity contribution in [3.05, 3.63) is 52.9 Å². The third-order valence-electron chi connectivity index (χ3n) is 2.87. The van der Waals surface area contributed by atoms with E-state index < -0.39 is 0 Å². The first-order valence-corrected chi connectivity index (χ1v) is 6.93. The van der Waals surface area contributed by atoms with Gasteiger partial charge in [-0.05, 0) is 23.8 Å². The number of carbonyl (C=O) groups excluding carboxylic acids is 1. The second-order valence-electron chi connectivity index (χ2n) is 4.81. The van der Waals surface area contributed by atoms with Gasteiger partial charge in [-0.2, -0.15) is 0 Å². The van der Waals surface area contributed by atoms with Crippen molar-refractivity contribution >= 4 is 23.3 Å². The van der Waals surface area contributed by atoms with Crippen LogP contribution in [0, 0.1) is 0 Å². The van der Waals surface area contributed by atoms with E-state index in [-0.39, 0.29) is 5.91 Å². The zero-order valence-corrected chi connectivity index (χ0v) is 12.8. The van der Waals surface area contributed by atoms with E-state index in [0.717, 1.165) is 11.4 Å². The Labute approximate surface area is 129 Å². The van der Waals surface area contributed by atoms with Crippen molar-refractivity contribution in [2.75, 3.05) is 19.0 Å². The Morgan fingerprint density at radius 2 is 1.95 bits per heavy atom. The number of carbonyl (C=O) groups is 1. The molecule has 0 fully saturated rings. The number of amides is 1. The maximum absolute atomic E-state index is 11.9. The molecule has 2 rings (SSSR count). The first-order chi connectivity index (χ1) is 10.0. The Morgan fingerprint density at radius 3 is 2.62 bits per heavy atom. The van der Waals surface area contributed by atoms with Crippen LogP contribution in [0.3, 0.4) is 0 Å². The minimum atomic E-state index is -0.0730. The van der Waals surface area contributed by atoms with Crippen molar-refractivity contribution in [2.24, 2.45) is 0 Å². The first-order valence-electron chi connectivity index (χ1n) is 6.55. The zero-order chi connectivity index (χ0) is 15.2. The number of halogens is 1. The first kappa shape index (κ1) is 15.3. The van der Waals surface area contributed by atoms with Crippen molar-refractivity contribution in [3.8, 4) is 0 Å². The number of aromatic nitrogens is 2. The molecular weight excluding hydrogens is 288 g/mol. The molecule has 6 heteroatoms. The summed E-state index contributed by atoms with van der Waals surface area (Å²) in [7, 11) is 3.82. The Morgan fingerprint density at radius 1 is 1.24 bits per heavy atom. The molecule has 0 saturated carbocycles. The number of rotatable bonds is 5. The van der Waals surface area contributed by atoms with E-state index in [1.165, 1.54) is 0 Å². The van der Waals surface area contributed by atoms with Crippen molar-refractivity contribution in [3.63, 3.8) is 0 Å². The predicted octanol–water partition coefficient (Wildman–Crippen LogP) is 2.05. The van der Waals surface area contributed by atoms with Crippen molar-refractivity contribution in [1.82, 2.24) is 15.3 Å². The van der Waals surface area contributed by atoms with Crippen LogP contribution in [0.1, 0.15) is 11.4 Å². The molecule has 0 bridgehead atoms. The van der Waals surface area contributed by atoms with Gasteiger partial charge in [0.05, 0.1) is 13.0 Å². The Hall–Kier alpha value is -2.14. The summed E-state index contributed by atoms with van der Waals surface area (Å²) >= 11 is 5.81. The zero-order valence-electron chi connectivity index (χ0n) is 12.0. The predicted molar refractivity (Wildman–Crippen MR) is 83.4 cm³/mol. The van der Waals surface area contributed by atoms with Gasteiger partial charge in [-0.25, -0.2) is 9.97 Å². The Kier molecular flexibility index (Phi) is 5.11. The van der Waals surface area contributed by atoms with Crippen LogP contribution in [0.5, 0.6) is 0 Å². The molecule has 1 aromatic heterocycles. The second-order valence-corrected chi connectivity index (χ2v) is 5.24. The van der Waals surface area contributed by atoms with Gasteiger partial charge in [0, 0.05) is 25.3 Å². The quantitative estimate of drug-likeness (QED) is 0.918. The van der Waals surface area contributed by atoms with Gasteiger partial charge in [0.2, 0.25) is 5.91 Å². The molecule has 1 amide bonds. The fourth-order valence-corrected chi connectivity index (χ4v) is 1.88. The van der Waals surface area contributed by atoms with Crippen LogP contribution in [0.15, 0.2) is 36.5 Å². The average Bonchev–Trinajstić information content (AvgIpc) is 2.48. The minimum Gasteiger partial charge on any atom is -0.363 e. The van der Waals surface area contributed by atoms with Crippen molar-refractivity contribution in [2.45, 2.75) is 13.0 Å². The Balaban J connectivity index is 1.89. The standard InChI is InChI=1S/C15H17ClN4O/c1-20(2)14-7-8-17-13(19-14)10-18-15(21)9-11-3-5-12(16)6-4-11/h3-8H,9-10H2,1-2H3,(H,18,21). The van der Waals surface area contributed by atoms with Gasteiger partial charge in [-0.3, -0.25) is 4.79 Å². The molecule has 0 aliphatic heterocycles. The number of benzene rings is 1. The van der Waals surface area contributed by atoms with Crippen LogP contribution >= 0.6 is 11.6 Å². The Bertz CT molecular complexity index is 613. The molecule has 2 aromatic rings. The molecule has 0 aliphatic carbocycles. The van der Waals surface area contributed by atoms with Crippen LogP contribution in [0.2, 0.25) is 5.02 Å². The van der Waals surface area contributed by atoms with E-state index in [0.29, 0.717) is 23.8 Å². The molecule has 110 valence electrons. The highest BCUT2D eigenvalue weighted by molar-refractivity contribution is 6.30. The van der Waals surface area contributed by atoms with Gasteiger partial charge in [-0.1, -0.05) is 23.7 Å². The maximum Gasteiger partial charge on any atom is 0.224 e. The van der Waals surface area contributed by atoms with E-state index >= 15 is 0 Å². The summed E-state index contributed by atoms with van der Waals surface area (Å²) in [6, 6.07) is 9.04. The smallest absolute Gasteiger partial charge is 0.224 e. The highest BCUT2D eigenvalue weighted by Crippen LogP contribution is 2.10. The lowest BCUT2D eigenvalue weighted by Gasteiger charge is -2.11. The van der Waals surface area contributed by atoms with Gasteiger partial charge in [0.25, 0.3) is 0 Å². The van der Waals surface area contributed by atoms with Crippen LogP contribution in [0.25, 0.3) is 0 Å². The lowest BCUT2D eigenvalue weighted by atomic mass is 10.1. The molecule has 1 aromatic carbocycles. The van der Waals surface area contributed by atoms with Crippen LogP contribution in [-0.2, 0) is 17.8 Å². The highest BCUT2D eigenvalue weighted by Gasteiger charge is 2.06. The number of anilines is 1. The van der Waals surface area contributed by atoms with Crippen LogP contribution in [0.4, 0.5) is 5.82 Å². The van der Waals surface area contributed by atoms with Crippen molar-refractivity contribution < 1.29 is 4.79 Å². The molecular formula is C15H17ClN4O. The summed E-state index contributed by atoms with van der Waals surface area (Å²) in [6.07, 6.45) is 1.99. The monoisotopic (exact) mass is 304 g/mol. The highest BCUT2D eigenvalue weighted by atomic mass is 35.5. The molecule has 0 unspecified atom stereocenters. The van der Waals surface area contributed by atoms with Crippen molar-refractivity contribution in [1.29, 1.82) is 0 Å². The number of nitrogens with zero attached hydrogens (tertiary/aromatic N) is 3. The van der Waals surface area contributed by atoms with Gasteiger partial charge >= 0.3 is 0 Å². The topological polar surface area (TPSA) is 58.1 Å². The number of hydrogen-bond acceptors (Lipinski definition) is 4. The normalized spacial score (nSPS) is 10.2. The molecule has 1 heterocycles. The number of nitrogens with one attached hydrogen (secondary N) is 1. The fourth-order valence-electron chi connectivity index (χ4n) is 1.75. The summed E-state index contributed by atoms with van der Waals surface area (Å²) in [5.74, 6) is 1.33. The molecule has 1 N–H and O–H groups in total. The van der Waals surface area contributed by atoms with Gasteiger partial charge in [0.1, 0.15) is 11.6 Å². The number of hydrogen-bond donors (Lipinski definition) is 1. The summed E-state index contributed by atoms with van der Waals surface area (Å²) in [6.45, 7) is 0.314. The largest absolute Gasteiger partial charge is 0.363 e. The molecule has 0 atom stereocenters. The summed E-state index contributed by atoms with van der Waals surface area (Å²) in [5, 5.41) is 3.47. The van der Waals surface area contributed by atoms with E-state index in [2.05, 4.69) is 15.3 Å². The minimum absolute atomic E-state index is 0.0730. The average molecular weight is 305 g/mol. The summed E-state index contributed by atoms with van der Waals surface area (Å²) in [4.78, 5) is 22.3. The fraction of sp³-hybridized carbons (Fsp3) is 0.267. The SMILES string of the molecule is CN(C)c1ccnc(CNC(=O)Cc2ccc(Cl)cc2)n1. The van der Waals surface area contributed by atoms with Gasteiger partial charge in [0.15, 0.2) is 0 Å². The van der Waals surface area contributed by atoms with E-state index in [9.17, 15) is 4.79 Å². The lowest BCUT2D eigenvalue weighted by molar-refractivity contribution is -0.120. The van der Waals surface area contributed by atoms with Gasteiger partial charge < -0.3 is 10.2 Å². The van der Waals surface area contributed by atoms with E-state index in [1.54, 1.807) is 18.3 Å². The van der Waals surface area contributed by atoms with Crippen LogP contribution < -0.4 is 10.2 Å². The van der Waals surface area contributed by atoms with Gasteiger partial charge in [-0.15, -0.1) is 0 Å². The van der Waals surface area contributed by atoms with Crippen LogP contribution in [-0.4, -0.2) is 30.0 Å². The summed E-state index contributed by atoms with van der Waals surface area (Å²) < 4.78 is 0. The van der Waals surface area contributed by atoms with E-state index in [1.807, 2.05) is 37.2 Å². The third-order valence-corrected chi connectivity index (χ3v) is 3.12. The maximum atomic E-state index is 11.9. The second kappa shape index (κ2) is 7.04. The molecule has 21 heavy (non-hydrogen) atoms. The molecule has 0 radical (unpaired) electrons. The molecule has 5 nitrogen and oxygen atoms in total. The molecule has 0 aliphatic rings. The third kappa shape index (κ3) is 4.72. The van der Waals surface area contributed by atoms with E-state index in [4.69, 9.17) is 11.6 Å². The summed E-state index contributed by atoms with van der Waals surface area (Å²) in [5.41, 5.74) is 0.917.